The summed E-state index contributed by atoms with van der Waals surface area (Å²) in [5.74, 6) is 0.420. The van der Waals surface area contributed by atoms with E-state index in [-0.39, 0.29) is 6.10 Å². The van der Waals surface area contributed by atoms with Crippen LogP contribution in [-0.2, 0) is 0 Å². The summed E-state index contributed by atoms with van der Waals surface area (Å²) in [5, 5.41) is 9.58. The first-order valence-electron chi connectivity index (χ1n) is 4.48. The molecule has 0 aromatic heterocycles. The van der Waals surface area contributed by atoms with Gasteiger partial charge >= 0.3 is 0 Å². The zero-order valence-corrected chi connectivity index (χ0v) is 8.17. The molecular formula is C9H21NO. The number of aliphatic hydroxyl groups excluding tert-OH is 1. The normalized spacial score (nSPS) is 16.9. The summed E-state index contributed by atoms with van der Waals surface area (Å²) in [6.07, 6.45) is 0.892. The summed E-state index contributed by atoms with van der Waals surface area (Å²) >= 11 is 0. The summed E-state index contributed by atoms with van der Waals surface area (Å²) in [4.78, 5) is 2.14. The SMILES string of the molecule is CCC(C)C(O)CN(C)CC. The van der Waals surface area contributed by atoms with E-state index in [1.165, 1.54) is 0 Å². The van der Waals surface area contributed by atoms with E-state index in [1.54, 1.807) is 0 Å². The molecule has 2 unspecified atom stereocenters. The van der Waals surface area contributed by atoms with Crippen LogP contribution in [0.4, 0.5) is 0 Å². The fourth-order valence-electron chi connectivity index (χ4n) is 0.900. The number of rotatable bonds is 5. The van der Waals surface area contributed by atoms with Gasteiger partial charge < -0.3 is 10.0 Å². The van der Waals surface area contributed by atoms with Crippen molar-refractivity contribution in [2.45, 2.75) is 33.3 Å². The molecule has 0 fully saturated rings. The van der Waals surface area contributed by atoms with Crippen molar-refractivity contribution in [1.29, 1.82) is 0 Å². The van der Waals surface area contributed by atoms with Crippen molar-refractivity contribution in [3.63, 3.8) is 0 Å². The maximum atomic E-state index is 9.58. The van der Waals surface area contributed by atoms with Crippen LogP contribution in [0.25, 0.3) is 0 Å². The fraction of sp³-hybridized carbons (Fsp3) is 1.00. The molecule has 0 aromatic carbocycles. The molecule has 0 rings (SSSR count). The number of aliphatic hydroxyl groups is 1. The van der Waals surface area contributed by atoms with Crippen LogP contribution in [0.3, 0.4) is 0 Å². The van der Waals surface area contributed by atoms with Gasteiger partial charge in [-0.2, -0.15) is 0 Å². The van der Waals surface area contributed by atoms with Gasteiger partial charge in [0.25, 0.3) is 0 Å². The molecular weight excluding hydrogens is 138 g/mol. The molecule has 0 aliphatic carbocycles. The summed E-state index contributed by atoms with van der Waals surface area (Å²) in [6.45, 7) is 8.11. The van der Waals surface area contributed by atoms with Crippen molar-refractivity contribution < 1.29 is 5.11 Å². The van der Waals surface area contributed by atoms with E-state index in [1.807, 2.05) is 7.05 Å². The smallest absolute Gasteiger partial charge is 0.0692 e. The van der Waals surface area contributed by atoms with Gasteiger partial charge in [0.1, 0.15) is 0 Å². The Morgan fingerprint density at radius 2 is 1.91 bits per heavy atom. The van der Waals surface area contributed by atoms with E-state index < -0.39 is 0 Å². The van der Waals surface area contributed by atoms with Crippen LogP contribution in [0.1, 0.15) is 27.2 Å². The van der Waals surface area contributed by atoms with Gasteiger partial charge in [-0.1, -0.05) is 27.2 Å². The van der Waals surface area contributed by atoms with Crippen LogP contribution >= 0.6 is 0 Å². The number of nitrogens with zero attached hydrogens (tertiary/aromatic N) is 1. The molecule has 0 aliphatic heterocycles. The molecule has 68 valence electrons. The second kappa shape index (κ2) is 5.56. The highest BCUT2D eigenvalue weighted by Gasteiger charge is 2.12. The second-order valence-corrected chi connectivity index (χ2v) is 3.31. The van der Waals surface area contributed by atoms with E-state index in [0.29, 0.717) is 5.92 Å². The fourth-order valence-corrected chi connectivity index (χ4v) is 0.900. The van der Waals surface area contributed by atoms with E-state index in [0.717, 1.165) is 19.5 Å². The Morgan fingerprint density at radius 1 is 1.36 bits per heavy atom. The zero-order chi connectivity index (χ0) is 8.85. The Labute approximate surface area is 70.2 Å². The van der Waals surface area contributed by atoms with Crippen molar-refractivity contribution in [2.24, 2.45) is 5.92 Å². The number of likely N-dealkylation sites (N-methyl/N-ethyl adjacent to an activating group) is 1. The maximum Gasteiger partial charge on any atom is 0.0692 e. The lowest BCUT2D eigenvalue weighted by Gasteiger charge is -2.22. The lowest BCUT2D eigenvalue weighted by atomic mass is 10.0. The van der Waals surface area contributed by atoms with Gasteiger partial charge in [-0.05, 0) is 19.5 Å². The van der Waals surface area contributed by atoms with Crippen molar-refractivity contribution in [3.05, 3.63) is 0 Å². The van der Waals surface area contributed by atoms with Crippen molar-refractivity contribution in [3.8, 4) is 0 Å². The highest BCUT2D eigenvalue weighted by molar-refractivity contribution is 4.65. The molecule has 0 bridgehead atoms. The van der Waals surface area contributed by atoms with E-state index in [4.69, 9.17) is 0 Å². The van der Waals surface area contributed by atoms with Crippen LogP contribution in [-0.4, -0.2) is 36.2 Å². The molecule has 11 heavy (non-hydrogen) atoms. The summed E-state index contributed by atoms with van der Waals surface area (Å²) in [5.41, 5.74) is 0. The Hall–Kier alpha value is -0.0800. The summed E-state index contributed by atoms with van der Waals surface area (Å²) < 4.78 is 0. The third-order valence-electron chi connectivity index (χ3n) is 2.34. The van der Waals surface area contributed by atoms with Crippen molar-refractivity contribution in [2.75, 3.05) is 20.1 Å². The topological polar surface area (TPSA) is 23.5 Å². The van der Waals surface area contributed by atoms with Crippen LogP contribution < -0.4 is 0 Å². The second-order valence-electron chi connectivity index (χ2n) is 3.31. The van der Waals surface area contributed by atoms with Gasteiger partial charge in [-0.3, -0.25) is 0 Å². The van der Waals surface area contributed by atoms with E-state index >= 15 is 0 Å². The number of hydrogen-bond donors (Lipinski definition) is 1. The minimum atomic E-state index is -0.162. The predicted molar refractivity (Wildman–Crippen MR) is 48.6 cm³/mol. The largest absolute Gasteiger partial charge is 0.392 e. The molecule has 2 heteroatoms. The monoisotopic (exact) mass is 159 g/mol. The van der Waals surface area contributed by atoms with E-state index in [2.05, 4.69) is 25.7 Å². The summed E-state index contributed by atoms with van der Waals surface area (Å²) in [6, 6.07) is 0. The highest BCUT2D eigenvalue weighted by atomic mass is 16.3. The first-order chi connectivity index (χ1) is 5.11. The predicted octanol–water partition coefficient (Wildman–Crippen LogP) is 1.35. The zero-order valence-electron chi connectivity index (χ0n) is 8.17. The molecule has 2 nitrogen and oxygen atoms in total. The van der Waals surface area contributed by atoms with Gasteiger partial charge in [0.05, 0.1) is 6.10 Å². The highest BCUT2D eigenvalue weighted by Crippen LogP contribution is 2.07. The molecule has 1 N–H and O–H groups in total. The summed E-state index contributed by atoms with van der Waals surface area (Å²) in [7, 11) is 2.03. The molecule has 0 aromatic rings. The van der Waals surface area contributed by atoms with Gasteiger partial charge in [0.15, 0.2) is 0 Å². The third kappa shape index (κ3) is 4.38. The Kier molecular flexibility index (Phi) is 5.51. The van der Waals surface area contributed by atoms with Gasteiger partial charge in [0.2, 0.25) is 0 Å². The minimum absolute atomic E-state index is 0.162. The first kappa shape index (κ1) is 10.9. The third-order valence-corrected chi connectivity index (χ3v) is 2.34. The average Bonchev–Trinajstić information content (AvgIpc) is 2.02. The standard InChI is InChI=1S/C9H21NO/c1-5-8(3)9(11)7-10(4)6-2/h8-9,11H,5-7H2,1-4H3. The molecule has 0 heterocycles. The molecule has 2 atom stereocenters. The average molecular weight is 159 g/mol. The molecule has 0 aliphatic rings. The molecule has 0 radical (unpaired) electrons. The molecule has 0 spiro atoms. The Balaban J connectivity index is 3.58. The van der Waals surface area contributed by atoms with E-state index in [9.17, 15) is 5.11 Å². The quantitative estimate of drug-likeness (QED) is 0.654. The molecule has 0 saturated carbocycles. The van der Waals surface area contributed by atoms with Crippen LogP contribution in [0, 0.1) is 5.92 Å². The van der Waals surface area contributed by atoms with Crippen LogP contribution in [0.15, 0.2) is 0 Å². The minimum Gasteiger partial charge on any atom is -0.392 e. The van der Waals surface area contributed by atoms with Gasteiger partial charge in [-0.25, -0.2) is 0 Å². The van der Waals surface area contributed by atoms with Gasteiger partial charge in [-0.15, -0.1) is 0 Å². The van der Waals surface area contributed by atoms with Gasteiger partial charge in [0, 0.05) is 6.54 Å². The molecule has 0 saturated heterocycles. The number of hydrogen-bond acceptors (Lipinski definition) is 2. The van der Waals surface area contributed by atoms with Crippen LogP contribution in [0.2, 0.25) is 0 Å². The van der Waals surface area contributed by atoms with Crippen molar-refractivity contribution >= 4 is 0 Å². The maximum absolute atomic E-state index is 9.58. The lowest BCUT2D eigenvalue weighted by molar-refractivity contribution is 0.0794. The van der Waals surface area contributed by atoms with Crippen LogP contribution in [0.5, 0.6) is 0 Å². The van der Waals surface area contributed by atoms with Crippen molar-refractivity contribution in [1.82, 2.24) is 4.90 Å². The molecule has 0 amide bonds. The Bertz CT molecular complexity index is 95.6. The first-order valence-corrected chi connectivity index (χ1v) is 4.48. The lowest BCUT2D eigenvalue weighted by Crippen LogP contribution is -2.32. The Morgan fingerprint density at radius 3 is 2.27 bits per heavy atom.